The number of amides is 5. The summed E-state index contributed by atoms with van der Waals surface area (Å²) in [5.74, 6) is -7.77. The smallest absolute Gasteiger partial charge is 0.307 e. The van der Waals surface area contributed by atoms with Crippen LogP contribution in [0.4, 0.5) is 0 Å². The van der Waals surface area contributed by atoms with Crippen molar-refractivity contribution in [1.82, 2.24) is 31.6 Å². The number of nitrogens with one attached hydrogen (secondary N) is 6. The van der Waals surface area contributed by atoms with Crippen LogP contribution in [0.1, 0.15) is 55.2 Å². The van der Waals surface area contributed by atoms with Crippen LogP contribution in [0.15, 0.2) is 85.1 Å². The highest BCUT2D eigenvalue weighted by atomic mass is 16.4. The quantitative estimate of drug-likeness (QED) is 0.0668. The average Bonchev–Trinajstić information content (AvgIpc) is 3.64. The van der Waals surface area contributed by atoms with Crippen LogP contribution in [0.2, 0.25) is 0 Å². The van der Waals surface area contributed by atoms with Gasteiger partial charge in [0.15, 0.2) is 0 Å². The molecular weight excluding hydrogens is 761 g/mol. The van der Waals surface area contributed by atoms with Gasteiger partial charge in [0.1, 0.15) is 29.9 Å². The maximum absolute atomic E-state index is 14.2. The highest BCUT2D eigenvalue weighted by Gasteiger charge is 2.38. The van der Waals surface area contributed by atoms with E-state index in [0.717, 1.165) is 16.5 Å². The lowest BCUT2D eigenvalue weighted by Gasteiger charge is -2.30. The van der Waals surface area contributed by atoms with E-state index in [0.29, 0.717) is 36.8 Å². The van der Waals surface area contributed by atoms with Crippen molar-refractivity contribution in [1.29, 1.82) is 0 Å². The number of aromatic nitrogens is 1. The molecule has 0 spiro atoms. The number of hydrogen-bond acceptors (Lipinski definition) is 8. The van der Waals surface area contributed by atoms with Gasteiger partial charge in [-0.1, -0.05) is 73.5 Å². The molecule has 0 saturated heterocycles. The van der Waals surface area contributed by atoms with E-state index in [-0.39, 0.29) is 31.4 Å². The second kappa shape index (κ2) is 20.6. The molecule has 4 aromatic rings. The van der Waals surface area contributed by atoms with Gasteiger partial charge < -0.3 is 46.9 Å². The fourth-order valence-corrected chi connectivity index (χ4v) is 7.41. The molecule has 9 N–H and O–H groups in total. The van der Waals surface area contributed by atoms with Gasteiger partial charge in [0.25, 0.3) is 0 Å². The van der Waals surface area contributed by atoms with Crippen molar-refractivity contribution in [3.8, 4) is 5.75 Å². The minimum Gasteiger partial charge on any atom is -0.508 e. The molecule has 0 radical (unpaired) electrons. The number of aliphatic carboxylic acids is 2. The molecule has 1 heterocycles. The van der Waals surface area contributed by atoms with Crippen molar-refractivity contribution in [2.75, 3.05) is 7.05 Å². The molecule has 0 bridgehead atoms. The number of aromatic amines is 1. The number of hydrogen-bond donors (Lipinski definition) is 9. The summed E-state index contributed by atoms with van der Waals surface area (Å²) in [6.45, 7) is 0. The molecule has 0 aliphatic heterocycles. The first-order chi connectivity index (χ1) is 28.3. The van der Waals surface area contributed by atoms with Crippen LogP contribution in [-0.4, -0.2) is 93.0 Å². The van der Waals surface area contributed by atoms with Gasteiger partial charge in [-0.25, -0.2) is 0 Å². The summed E-state index contributed by atoms with van der Waals surface area (Å²) >= 11 is 0. The minimum atomic E-state index is -1.45. The Morgan fingerprint density at radius 2 is 1.19 bits per heavy atom. The van der Waals surface area contributed by atoms with E-state index in [1.54, 1.807) is 48.7 Å². The summed E-state index contributed by atoms with van der Waals surface area (Å²) in [7, 11) is 1.41. The van der Waals surface area contributed by atoms with Gasteiger partial charge in [0, 0.05) is 49.8 Å². The van der Waals surface area contributed by atoms with Crippen LogP contribution < -0.4 is 26.6 Å². The van der Waals surface area contributed by atoms with Crippen molar-refractivity contribution in [3.63, 3.8) is 0 Å². The molecule has 1 saturated carbocycles. The summed E-state index contributed by atoms with van der Waals surface area (Å²) in [4.78, 5) is 95.9. The molecule has 1 aromatic heterocycles. The fraction of sp³-hybridized carbons (Fsp3) is 0.372. The summed E-state index contributed by atoms with van der Waals surface area (Å²) in [6.07, 6.45) is 2.70. The van der Waals surface area contributed by atoms with E-state index >= 15 is 0 Å². The molecule has 16 heteroatoms. The van der Waals surface area contributed by atoms with Crippen LogP contribution in [0.25, 0.3) is 10.9 Å². The summed E-state index contributed by atoms with van der Waals surface area (Å²) in [5.41, 5.74) is 2.74. The summed E-state index contributed by atoms with van der Waals surface area (Å²) < 4.78 is 0. The number of likely N-dealkylation sites (N-methyl/N-ethyl adjacent to an activating group) is 1. The van der Waals surface area contributed by atoms with Crippen LogP contribution in [0.3, 0.4) is 0 Å². The van der Waals surface area contributed by atoms with Gasteiger partial charge in [-0.15, -0.1) is 0 Å². The van der Waals surface area contributed by atoms with E-state index in [4.69, 9.17) is 0 Å². The molecule has 6 atom stereocenters. The third-order valence-corrected chi connectivity index (χ3v) is 10.6. The van der Waals surface area contributed by atoms with Crippen molar-refractivity contribution in [3.05, 3.63) is 102 Å². The number of phenols is 1. The normalized spacial score (nSPS) is 17.0. The lowest BCUT2D eigenvalue weighted by molar-refractivity contribution is -0.149. The van der Waals surface area contributed by atoms with Crippen LogP contribution in [0, 0.1) is 11.8 Å². The highest BCUT2D eigenvalue weighted by Crippen LogP contribution is 2.31. The number of carboxylic acids is 2. The van der Waals surface area contributed by atoms with Gasteiger partial charge >= 0.3 is 11.9 Å². The Balaban J connectivity index is 1.39. The highest BCUT2D eigenvalue weighted by molar-refractivity contribution is 5.96. The number of phenolic OH excluding ortho intramolecular Hbond substituents is 1. The number of rotatable bonds is 19. The van der Waals surface area contributed by atoms with Crippen molar-refractivity contribution < 1.29 is 48.9 Å². The Kier molecular flexibility index (Phi) is 15.2. The number of carbonyl (C=O) groups is 7. The first-order valence-corrected chi connectivity index (χ1v) is 19.6. The first kappa shape index (κ1) is 43.4. The van der Waals surface area contributed by atoms with Gasteiger partial charge in [0.05, 0.1) is 11.8 Å². The Labute approximate surface area is 340 Å². The average molecular weight is 811 g/mol. The molecule has 1 aliphatic rings. The molecule has 312 valence electrons. The number of fused-ring (bicyclic) bond motifs is 1. The Bertz CT molecular complexity index is 2120. The Morgan fingerprint density at radius 1 is 0.644 bits per heavy atom. The molecule has 1 aliphatic carbocycles. The van der Waals surface area contributed by atoms with Gasteiger partial charge in [-0.2, -0.15) is 0 Å². The van der Waals surface area contributed by atoms with Crippen molar-refractivity contribution in [2.45, 2.75) is 82.0 Å². The third kappa shape index (κ3) is 12.1. The molecule has 0 unspecified atom stereocenters. The predicted molar refractivity (Wildman–Crippen MR) is 216 cm³/mol. The lowest BCUT2D eigenvalue weighted by atomic mass is 9.78. The number of benzene rings is 3. The van der Waals surface area contributed by atoms with Gasteiger partial charge in [-0.05, 0) is 54.2 Å². The Hall–Kier alpha value is -6.71. The van der Waals surface area contributed by atoms with E-state index in [2.05, 4.69) is 31.6 Å². The molecular formula is C43H50N6O10. The van der Waals surface area contributed by atoms with Crippen molar-refractivity contribution >= 4 is 52.4 Å². The zero-order chi connectivity index (χ0) is 42.5. The van der Waals surface area contributed by atoms with Crippen LogP contribution >= 0.6 is 0 Å². The minimum absolute atomic E-state index is 0.0222. The van der Waals surface area contributed by atoms with Gasteiger partial charge in [0.2, 0.25) is 29.5 Å². The first-order valence-electron chi connectivity index (χ1n) is 19.6. The zero-order valence-corrected chi connectivity index (χ0v) is 32.6. The Morgan fingerprint density at radius 3 is 1.81 bits per heavy atom. The topological polar surface area (TPSA) is 256 Å². The molecule has 59 heavy (non-hydrogen) atoms. The lowest BCUT2D eigenvalue weighted by Crippen LogP contribution is -2.59. The standard InChI is InChI=1S/C43H50N6O10/c1-44-39(54)36(23-27-24-45-32-14-8-7-11-29(27)32)49-40(55)33(19-20-37(51)52)46-41(56)35(21-25-9-3-2-4-10-25)48-42(57)34(22-26-15-17-28(50)18-16-26)47-38(53)30-12-5-6-13-31(30)43(58)59/h2-4,7-11,14-18,24,30-31,33-36,45,50H,5-6,12-13,19-23H2,1H3,(H,44,54)(H,46,56)(H,47,53)(H,48,57)(H,49,55)(H,51,52)(H,58,59)/t30-,31-,33-,34-,35-,36-/m0/s1. The van der Waals surface area contributed by atoms with E-state index < -0.39 is 83.9 Å². The summed E-state index contributed by atoms with van der Waals surface area (Å²) in [5, 5.41) is 43.3. The molecule has 5 rings (SSSR count). The maximum atomic E-state index is 14.2. The van der Waals surface area contributed by atoms with E-state index in [1.807, 2.05) is 24.3 Å². The monoisotopic (exact) mass is 810 g/mol. The molecule has 16 nitrogen and oxygen atoms in total. The fourth-order valence-electron chi connectivity index (χ4n) is 7.41. The predicted octanol–water partition coefficient (Wildman–Crippen LogP) is 2.34. The second-order valence-corrected chi connectivity index (χ2v) is 14.8. The number of carbonyl (C=O) groups excluding carboxylic acids is 5. The van der Waals surface area contributed by atoms with Crippen molar-refractivity contribution in [2.24, 2.45) is 11.8 Å². The zero-order valence-electron chi connectivity index (χ0n) is 32.6. The third-order valence-electron chi connectivity index (χ3n) is 10.6. The van der Waals surface area contributed by atoms with Crippen LogP contribution in [0.5, 0.6) is 5.75 Å². The number of carboxylic acid groups (broad SMARTS) is 2. The maximum Gasteiger partial charge on any atom is 0.307 e. The SMILES string of the molecule is CNC(=O)[C@H](Cc1c[nH]c2ccccc12)NC(=O)[C@H](CCC(=O)O)NC(=O)[C@H](Cc1ccccc1)NC(=O)[C@H](Cc1ccc(O)cc1)NC(=O)[C@H]1CCCC[C@@H]1C(=O)O. The van der Waals surface area contributed by atoms with Crippen LogP contribution in [-0.2, 0) is 52.8 Å². The molecule has 1 fully saturated rings. The molecule has 5 amide bonds. The largest absolute Gasteiger partial charge is 0.508 e. The second-order valence-electron chi connectivity index (χ2n) is 14.8. The summed E-state index contributed by atoms with van der Waals surface area (Å²) in [6, 6.07) is 16.9. The number of H-pyrrole nitrogens is 1. The van der Waals surface area contributed by atoms with E-state index in [1.165, 1.54) is 19.2 Å². The molecule has 3 aromatic carbocycles. The number of aromatic hydroxyl groups is 1. The number of para-hydroxylation sites is 1. The van der Waals surface area contributed by atoms with E-state index in [9.17, 15) is 48.9 Å². The van der Waals surface area contributed by atoms with Gasteiger partial charge in [-0.3, -0.25) is 33.6 Å².